The van der Waals surface area contributed by atoms with Gasteiger partial charge in [0.2, 0.25) is 0 Å². The highest BCUT2D eigenvalue weighted by molar-refractivity contribution is 5.87. The lowest BCUT2D eigenvalue weighted by molar-refractivity contribution is 0.202. The van der Waals surface area contributed by atoms with Gasteiger partial charge in [0.1, 0.15) is 0 Å². The van der Waals surface area contributed by atoms with Gasteiger partial charge in [0, 0.05) is 17.8 Å². The van der Waals surface area contributed by atoms with Gasteiger partial charge in [-0.1, -0.05) is 48.5 Å². The van der Waals surface area contributed by atoms with E-state index < -0.39 is 6.09 Å². The molecule has 3 aromatic rings. The fourth-order valence-corrected chi connectivity index (χ4v) is 2.49. The number of H-pyrrole nitrogens is 1. The van der Waals surface area contributed by atoms with Crippen LogP contribution in [0.15, 0.2) is 73.3 Å². The summed E-state index contributed by atoms with van der Waals surface area (Å²) >= 11 is 0. The summed E-state index contributed by atoms with van der Waals surface area (Å²) in [7, 11) is 0. The second-order valence-corrected chi connectivity index (χ2v) is 5.27. The molecular weight excluding hydrogens is 302 g/mol. The summed E-state index contributed by atoms with van der Waals surface area (Å²) in [5.41, 5.74) is 4.16. The molecule has 1 amide bonds. The topological polar surface area (TPSA) is 69.2 Å². The lowest BCUT2D eigenvalue weighted by atomic mass is 10.1. The van der Waals surface area contributed by atoms with E-state index in [-0.39, 0.29) is 6.54 Å². The van der Waals surface area contributed by atoms with Crippen molar-refractivity contribution < 1.29 is 9.90 Å². The minimum atomic E-state index is -1.01. The molecule has 0 spiro atoms. The van der Waals surface area contributed by atoms with E-state index in [9.17, 15) is 9.90 Å². The smallest absolute Gasteiger partial charge is 0.412 e. The summed E-state index contributed by atoms with van der Waals surface area (Å²) in [6.07, 6.45) is 0.544. The van der Waals surface area contributed by atoms with Crippen molar-refractivity contribution in [2.75, 3.05) is 11.4 Å². The minimum Gasteiger partial charge on any atom is -0.465 e. The third kappa shape index (κ3) is 3.20. The molecule has 1 aromatic heterocycles. The van der Waals surface area contributed by atoms with Gasteiger partial charge in [0.15, 0.2) is 0 Å². The van der Waals surface area contributed by atoms with Crippen molar-refractivity contribution in [3.05, 3.63) is 73.3 Å². The van der Waals surface area contributed by atoms with Crippen LogP contribution >= 0.6 is 0 Å². The van der Waals surface area contributed by atoms with E-state index in [2.05, 4.69) is 16.8 Å². The molecular formula is C19H17N3O2. The molecule has 0 aliphatic carbocycles. The molecule has 5 heteroatoms. The lowest BCUT2D eigenvalue weighted by Crippen LogP contribution is -2.29. The van der Waals surface area contributed by atoms with Crippen molar-refractivity contribution in [1.82, 2.24) is 10.2 Å². The Kier molecular flexibility index (Phi) is 4.43. The van der Waals surface area contributed by atoms with Gasteiger partial charge in [0.25, 0.3) is 0 Å². The molecule has 5 nitrogen and oxygen atoms in total. The van der Waals surface area contributed by atoms with E-state index in [4.69, 9.17) is 0 Å². The monoisotopic (exact) mass is 319 g/mol. The molecule has 3 rings (SSSR count). The minimum absolute atomic E-state index is 0.231. The van der Waals surface area contributed by atoms with Gasteiger partial charge in [-0.25, -0.2) is 4.79 Å². The molecule has 0 aliphatic heterocycles. The van der Waals surface area contributed by atoms with E-state index in [1.54, 1.807) is 12.1 Å². The standard InChI is InChI=1S/C19H17N3O2/c1-2-11-22(19(23)24)16-10-6-9-15(12-16)18-13-17(20-21-18)14-7-4-3-5-8-14/h2-10,12-13H,1,11H2,(H,20,21)(H,23,24). The van der Waals surface area contributed by atoms with Gasteiger partial charge in [-0.05, 0) is 23.8 Å². The van der Waals surface area contributed by atoms with Gasteiger partial charge in [-0.2, -0.15) is 5.10 Å². The van der Waals surface area contributed by atoms with Crippen molar-refractivity contribution in [2.24, 2.45) is 0 Å². The molecule has 24 heavy (non-hydrogen) atoms. The number of nitrogens with one attached hydrogen (secondary N) is 1. The number of aromatic amines is 1. The molecule has 1 heterocycles. The van der Waals surface area contributed by atoms with Crippen molar-refractivity contribution in [3.8, 4) is 22.5 Å². The van der Waals surface area contributed by atoms with Gasteiger partial charge < -0.3 is 5.11 Å². The molecule has 2 aromatic carbocycles. The maximum absolute atomic E-state index is 11.4. The van der Waals surface area contributed by atoms with Crippen LogP contribution in [0.1, 0.15) is 0 Å². The molecule has 0 fully saturated rings. The Balaban J connectivity index is 1.93. The van der Waals surface area contributed by atoms with Crippen LogP contribution in [-0.2, 0) is 0 Å². The van der Waals surface area contributed by atoms with Crippen molar-refractivity contribution in [3.63, 3.8) is 0 Å². The molecule has 0 radical (unpaired) electrons. The van der Waals surface area contributed by atoms with Crippen molar-refractivity contribution in [2.45, 2.75) is 0 Å². The Morgan fingerprint density at radius 2 is 1.88 bits per heavy atom. The summed E-state index contributed by atoms with van der Waals surface area (Å²) < 4.78 is 0. The summed E-state index contributed by atoms with van der Waals surface area (Å²) in [6, 6.07) is 19.1. The van der Waals surface area contributed by atoms with Crippen LogP contribution in [0.2, 0.25) is 0 Å². The SMILES string of the molecule is C=CCN(C(=O)O)c1cccc(-c2cc(-c3ccccc3)[nH]n2)c1. The van der Waals surface area contributed by atoms with Crippen molar-refractivity contribution in [1.29, 1.82) is 0 Å². The molecule has 2 N–H and O–H groups in total. The predicted molar refractivity (Wildman–Crippen MR) is 95.0 cm³/mol. The highest BCUT2D eigenvalue weighted by Crippen LogP contribution is 2.27. The Labute approximate surface area is 139 Å². The van der Waals surface area contributed by atoms with Gasteiger partial charge >= 0.3 is 6.09 Å². The zero-order valence-corrected chi connectivity index (χ0v) is 13.0. The number of carboxylic acid groups (broad SMARTS) is 1. The Morgan fingerprint density at radius 1 is 1.12 bits per heavy atom. The molecule has 0 unspecified atom stereocenters. The van der Waals surface area contributed by atoms with Crippen LogP contribution < -0.4 is 4.90 Å². The number of anilines is 1. The van der Waals surface area contributed by atoms with Crippen LogP contribution in [0.3, 0.4) is 0 Å². The molecule has 120 valence electrons. The van der Waals surface area contributed by atoms with Crippen LogP contribution in [0.4, 0.5) is 10.5 Å². The van der Waals surface area contributed by atoms with Crippen LogP contribution in [-0.4, -0.2) is 27.9 Å². The zero-order valence-electron chi connectivity index (χ0n) is 13.0. The van der Waals surface area contributed by atoms with Gasteiger partial charge in [-0.15, -0.1) is 6.58 Å². The molecule has 0 bridgehead atoms. The number of aromatic nitrogens is 2. The fourth-order valence-electron chi connectivity index (χ4n) is 2.49. The average molecular weight is 319 g/mol. The molecule has 0 saturated heterocycles. The first-order chi connectivity index (χ1) is 11.7. The van der Waals surface area contributed by atoms with E-state index in [0.29, 0.717) is 5.69 Å². The van der Waals surface area contributed by atoms with Gasteiger partial charge in [0.05, 0.1) is 11.4 Å². The van der Waals surface area contributed by atoms with Crippen LogP contribution in [0.5, 0.6) is 0 Å². The van der Waals surface area contributed by atoms with E-state index in [1.165, 1.54) is 4.90 Å². The quantitative estimate of drug-likeness (QED) is 0.684. The Morgan fingerprint density at radius 3 is 2.58 bits per heavy atom. The summed E-state index contributed by atoms with van der Waals surface area (Å²) in [5, 5.41) is 16.7. The zero-order chi connectivity index (χ0) is 16.9. The lowest BCUT2D eigenvalue weighted by Gasteiger charge is -2.17. The largest absolute Gasteiger partial charge is 0.465 e. The molecule has 0 aliphatic rings. The first-order valence-corrected chi connectivity index (χ1v) is 7.51. The summed E-state index contributed by atoms with van der Waals surface area (Å²) in [5.74, 6) is 0. The maximum Gasteiger partial charge on any atom is 0.412 e. The van der Waals surface area contributed by atoms with Gasteiger partial charge in [-0.3, -0.25) is 10.00 Å². The summed E-state index contributed by atoms with van der Waals surface area (Å²) in [4.78, 5) is 12.6. The van der Waals surface area contributed by atoms with E-state index in [1.807, 2.05) is 54.6 Å². The Bertz CT molecular complexity index is 856. The third-order valence-corrected chi connectivity index (χ3v) is 3.66. The number of carbonyl (C=O) groups is 1. The second kappa shape index (κ2) is 6.83. The number of rotatable bonds is 5. The number of nitrogens with zero attached hydrogens (tertiary/aromatic N) is 2. The van der Waals surface area contributed by atoms with E-state index in [0.717, 1.165) is 22.5 Å². The molecule has 0 saturated carbocycles. The van der Waals surface area contributed by atoms with Crippen LogP contribution in [0.25, 0.3) is 22.5 Å². The second-order valence-electron chi connectivity index (χ2n) is 5.27. The number of hydrogen-bond donors (Lipinski definition) is 2. The highest BCUT2D eigenvalue weighted by atomic mass is 16.4. The fraction of sp³-hybridized carbons (Fsp3) is 0.0526. The third-order valence-electron chi connectivity index (χ3n) is 3.66. The van der Waals surface area contributed by atoms with E-state index >= 15 is 0 Å². The highest BCUT2D eigenvalue weighted by Gasteiger charge is 2.14. The first-order valence-electron chi connectivity index (χ1n) is 7.51. The van der Waals surface area contributed by atoms with Crippen LogP contribution in [0, 0.1) is 0 Å². The predicted octanol–water partition coefficient (Wildman–Crippen LogP) is 4.41. The first kappa shape index (κ1) is 15.6. The maximum atomic E-state index is 11.4. The average Bonchev–Trinajstić information content (AvgIpc) is 3.10. The number of benzene rings is 2. The molecule has 0 atom stereocenters. The Hall–Kier alpha value is -3.34. The number of hydrogen-bond acceptors (Lipinski definition) is 2. The summed E-state index contributed by atoms with van der Waals surface area (Å²) in [6.45, 7) is 3.83. The normalized spacial score (nSPS) is 10.3. The number of amides is 1. The van der Waals surface area contributed by atoms with Crippen molar-refractivity contribution >= 4 is 11.8 Å².